The molecule has 0 aromatic heterocycles. The van der Waals surface area contributed by atoms with Crippen molar-refractivity contribution >= 4 is 5.97 Å². The molecule has 4 nitrogen and oxygen atoms in total. The van der Waals surface area contributed by atoms with E-state index in [4.69, 9.17) is 4.74 Å². The summed E-state index contributed by atoms with van der Waals surface area (Å²) < 4.78 is 41.1. The van der Waals surface area contributed by atoms with Gasteiger partial charge in [-0.05, 0) is 33.5 Å². The highest BCUT2D eigenvalue weighted by atomic mass is 19.4. The van der Waals surface area contributed by atoms with Crippen molar-refractivity contribution in [3.05, 3.63) is 0 Å². The number of halogens is 3. The third-order valence-corrected chi connectivity index (χ3v) is 2.60. The van der Waals surface area contributed by atoms with E-state index in [-0.39, 0.29) is 12.5 Å². The molecule has 0 radical (unpaired) electrons. The zero-order chi connectivity index (χ0) is 14.9. The van der Waals surface area contributed by atoms with E-state index in [1.807, 2.05) is 6.92 Å². The number of nitrogens with one attached hydrogen (secondary N) is 1. The van der Waals surface area contributed by atoms with E-state index in [2.05, 4.69) is 5.32 Å². The van der Waals surface area contributed by atoms with Crippen LogP contribution >= 0.6 is 0 Å². The van der Waals surface area contributed by atoms with Crippen molar-refractivity contribution < 1.29 is 22.7 Å². The van der Waals surface area contributed by atoms with Gasteiger partial charge in [0, 0.05) is 6.54 Å². The largest absolute Gasteiger partial charge is 0.465 e. The summed E-state index contributed by atoms with van der Waals surface area (Å²) in [5, 5.41) is 2.97. The monoisotopic (exact) mass is 284 g/mol. The first kappa shape index (κ1) is 18.2. The molecule has 114 valence electrons. The van der Waals surface area contributed by atoms with E-state index in [9.17, 15) is 18.0 Å². The van der Waals surface area contributed by atoms with Crippen molar-refractivity contribution in [2.24, 2.45) is 0 Å². The van der Waals surface area contributed by atoms with Crippen LogP contribution in [0.15, 0.2) is 0 Å². The normalized spacial score (nSPS) is 13.6. The fourth-order valence-corrected chi connectivity index (χ4v) is 1.57. The first-order valence-corrected chi connectivity index (χ1v) is 6.45. The summed E-state index contributed by atoms with van der Waals surface area (Å²) in [7, 11) is 1.61. The minimum absolute atomic E-state index is 0.0643. The molecule has 7 heteroatoms. The van der Waals surface area contributed by atoms with Crippen molar-refractivity contribution in [2.75, 3.05) is 33.3 Å². The molecule has 0 heterocycles. The Labute approximate surface area is 112 Å². The molecule has 0 aromatic rings. The highest BCUT2D eigenvalue weighted by molar-refractivity contribution is 5.75. The van der Waals surface area contributed by atoms with Gasteiger partial charge in [-0.1, -0.05) is 6.92 Å². The number of hydrogen-bond acceptors (Lipinski definition) is 4. The summed E-state index contributed by atoms with van der Waals surface area (Å²) in [5.74, 6) is -0.353. The van der Waals surface area contributed by atoms with Gasteiger partial charge in [0.1, 0.15) is 6.04 Å². The van der Waals surface area contributed by atoms with Crippen LogP contribution in [0.4, 0.5) is 13.2 Å². The second kappa shape index (κ2) is 9.14. The van der Waals surface area contributed by atoms with Crippen LogP contribution in [-0.4, -0.2) is 56.4 Å². The molecule has 19 heavy (non-hydrogen) atoms. The van der Waals surface area contributed by atoms with Crippen LogP contribution in [0.2, 0.25) is 0 Å². The molecule has 0 aliphatic carbocycles. The quantitative estimate of drug-likeness (QED) is 0.656. The number of likely N-dealkylation sites (N-methyl/N-ethyl adjacent to an activating group) is 1. The molecule has 0 rings (SSSR count). The highest BCUT2D eigenvalue weighted by Crippen LogP contribution is 2.19. The number of carbonyl (C=O) groups excluding carboxylic acids is 1. The van der Waals surface area contributed by atoms with Crippen molar-refractivity contribution in [3.8, 4) is 0 Å². The van der Waals surface area contributed by atoms with E-state index in [1.165, 1.54) is 0 Å². The van der Waals surface area contributed by atoms with Gasteiger partial charge in [0.2, 0.25) is 0 Å². The lowest BCUT2D eigenvalue weighted by Crippen LogP contribution is -2.40. The fraction of sp³-hybridized carbons (Fsp3) is 0.917. The Morgan fingerprint density at radius 2 is 1.95 bits per heavy atom. The summed E-state index contributed by atoms with van der Waals surface area (Å²) in [6.07, 6.45) is -4.55. The molecule has 0 spiro atoms. The lowest BCUT2D eigenvalue weighted by molar-refractivity contribution is -0.146. The van der Waals surface area contributed by atoms with Gasteiger partial charge in [-0.3, -0.25) is 4.79 Å². The molecule has 1 atom stereocenters. The molecule has 0 aliphatic heterocycles. The number of ether oxygens (including phenoxy) is 1. The predicted octanol–water partition coefficient (Wildman–Crippen LogP) is 1.80. The zero-order valence-corrected chi connectivity index (χ0v) is 11.7. The molecular formula is C12H23F3N2O2. The standard InChI is InChI=1S/C12H23F3N2O2/c1-4-16-10(11(18)19-5-2)6-8-17(3)9-7-12(13,14)15/h10,16H,4-9H2,1-3H3. The molecule has 0 saturated heterocycles. The summed E-state index contributed by atoms with van der Waals surface area (Å²) in [5.41, 5.74) is 0. The number of esters is 1. The third-order valence-electron chi connectivity index (χ3n) is 2.60. The van der Waals surface area contributed by atoms with Gasteiger partial charge in [0.05, 0.1) is 13.0 Å². The van der Waals surface area contributed by atoms with Crippen LogP contribution in [0.5, 0.6) is 0 Å². The van der Waals surface area contributed by atoms with Gasteiger partial charge in [-0.2, -0.15) is 13.2 Å². The average Bonchev–Trinajstić information content (AvgIpc) is 2.31. The van der Waals surface area contributed by atoms with Gasteiger partial charge in [-0.25, -0.2) is 0 Å². The maximum Gasteiger partial charge on any atom is 0.390 e. The first-order valence-electron chi connectivity index (χ1n) is 6.45. The number of hydrogen-bond donors (Lipinski definition) is 1. The smallest absolute Gasteiger partial charge is 0.390 e. The summed E-state index contributed by atoms with van der Waals surface area (Å²) in [6.45, 7) is 4.83. The van der Waals surface area contributed by atoms with Gasteiger partial charge in [0.25, 0.3) is 0 Å². The van der Waals surface area contributed by atoms with Crippen LogP contribution in [0.25, 0.3) is 0 Å². The lowest BCUT2D eigenvalue weighted by Gasteiger charge is -2.21. The Balaban J connectivity index is 4.06. The second-order valence-corrected chi connectivity index (χ2v) is 4.32. The number of rotatable bonds is 9. The van der Waals surface area contributed by atoms with Crippen LogP contribution in [0.3, 0.4) is 0 Å². The number of alkyl halides is 3. The SMILES string of the molecule is CCNC(CCN(C)CCC(F)(F)F)C(=O)OCC. The fourth-order valence-electron chi connectivity index (χ4n) is 1.57. The Hall–Kier alpha value is -0.820. The van der Waals surface area contributed by atoms with Crippen molar-refractivity contribution in [1.29, 1.82) is 0 Å². The molecule has 0 saturated carbocycles. The maximum atomic E-state index is 12.1. The molecule has 1 N–H and O–H groups in total. The minimum atomic E-state index is -4.14. The first-order chi connectivity index (χ1) is 8.80. The Morgan fingerprint density at radius 1 is 1.32 bits per heavy atom. The number of nitrogens with zero attached hydrogens (tertiary/aromatic N) is 1. The van der Waals surface area contributed by atoms with Crippen LogP contribution in [0, 0.1) is 0 Å². The Bertz CT molecular complexity index is 260. The summed E-state index contributed by atoms with van der Waals surface area (Å²) in [6, 6.07) is -0.460. The molecule has 0 aliphatic rings. The second-order valence-electron chi connectivity index (χ2n) is 4.32. The van der Waals surface area contributed by atoms with E-state index in [0.717, 1.165) is 0 Å². The Kier molecular flexibility index (Phi) is 8.75. The molecule has 0 aromatic carbocycles. The van der Waals surface area contributed by atoms with E-state index >= 15 is 0 Å². The molecule has 1 unspecified atom stereocenters. The van der Waals surface area contributed by atoms with E-state index in [1.54, 1.807) is 18.9 Å². The molecule has 0 amide bonds. The molecule has 0 bridgehead atoms. The zero-order valence-electron chi connectivity index (χ0n) is 11.7. The van der Waals surface area contributed by atoms with Gasteiger partial charge in [-0.15, -0.1) is 0 Å². The molecule has 0 fully saturated rings. The Morgan fingerprint density at radius 3 is 2.42 bits per heavy atom. The van der Waals surface area contributed by atoms with Crippen molar-refractivity contribution in [1.82, 2.24) is 10.2 Å². The van der Waals surface area contributed by atoms with Crippen LogP contribution in [0.1, 0.15) is 26.7 Å². The summed E-state index contributed by atoms with van der Waals surface area (Å²) in [4.78, 5) is 13.1. The van der Waals surface area contributed by atoms with Crippen LogP contribution in [-0.2, 0) is 9.53 Å². The summed E-state index contributed by atoms with van der Waals surface area (Å²) >= 11 is 0. The maximum absolute atomic E-state index is 12.1. The number of carbonyl (C=O) groups is 1. The average molecular weight is 284 g/mol. The van der Waals surface area contributed by atoms with Crippen molar-refractivity contribution in [2.45, 2.75) is 38.9 Å². The van der Waals surface area contributed by atoms with E-state index < -0.39 is 18.6 Å². The predicted molar refractivity (Wildman–Crippen MR) is 66.9 cm³/mol. The molecular weight excluding hydrogens is 261 g/mol. The third kappa shape index (κ3) is 9.72. The lowest BCUT2D eigenvalue weighted by atomic mass is 10.2. The topological polar surface area (TPSA) is 41.6 Å². The van der Waals surface area contributed by atoms with Crippen LogP contribution < -0.4 is 5.32 Å². The minimum Gasteiger partial charge on any atom is -0.465 e. The van der Waals surface area contributed by atoms with Crippen molar-refractivity contribution in [3.63, 3.8) is 0 Å². The highest BCUT2D eigenvalue weighted by Gasteiger charge is 2.27. The van der Waals surface area contributed by atoms with Gasteiger partial charge >= 0.3 is 12.1 Å². The van der Waals surface area contributed by atoms with E-state index in [0.29, 0.717) is 26.1 Å². The van der Waals surface area contributed by atoms with Gasteiger partial charge in [0.15, 0.2) is 0 Å². The van der Waals surface area contributed by atoms with Gasteiger partial charge < -0.3 is 15.0 Å².